The molecule has 0 saturated heterocycles. The zero-order valence-corrected chi connectivity index (χ0v) is 17.9. The van der Waals surface area contributed by atoms with Gasteiger partial charge in [-0.1, -0.05) is 45.9 Å². The van der Waals surface area contributed by atoms with E-state index in [1.54, 1.807) is 6.92 Å². The van der Waals surface area contributed by atoms with Crippen molar-refractivity contribution in [2.45, 2.75) is 67.2 Å². The first-order valence-corrected chi connectivity index (χ1v) is 9.16. The van der Waals surface area contributed by atoms with Crippen molar-refractivity contribution in [1.82, 2.24) is 0 Å². The van der Waals surface area contributed by atoms with Crippen molar-refractivity contribution in [3.05, 3.63) is 29.8 Å². The predicted octanol–water partition coefficient (Wildman–Crippen LogP) is 5.01. The van der Waals surface area contributed by atoms with Crippen LogP contribution in [0.2, 0.25) is 0 Å². The lowest BCUT2D eigenvalue weighted by atomic mass is 10.0. The van der Waals surface area contributed by atoms with E-state index in [1.807, 2.05) is 27.7 Å². The number of unbranched alkanes of at least 4 members (excludes halogenated alkanes) is 1. The highest BCUT2D eigenvalue weighted by Gasteiger charge is 2.03. The summed E-state index contributed by atoms with van der Waals surface area (Å²) >= 11 is 0. The number of nitrogens with zero attached hydrogens (tertiary/aromatic N) is 1. The molecule has 0 radical (unpaired) electrons. The van der Waals surface area contributed by atoms with Crippen LogP contribution in [0.1, 0.15) is 66.4 Å². The van der Waals surface area contributed by atoms with Crippen molar-refractivity contribution in [3.63, 3.8) is 0 Å². The molecule has 5 heteroatoms. The van der Waals surface area contributed by atoms with Crippen molar-refractivity contribution in [3.8, 4) is 0 Å². The Hall–Kier alpha value is -2.17. The third-order valence-corrected chi connectivity index (χ3v) is 2.70. The molecule has 1 N–H and O–H groups in total. The van der Waals surface area contributed by atoms with E-state index in [2.05, 4.69) is 43.3 Å². The van der Waals surface area contributed by atoms with Gasteiger partial charge in [0.05, 0.1) is 0 Å². The summed E-state index contributed by atoms with van der Waals surface area (Å²) in [6, 6.07) is 8.45. The minimum absolute atomic E-state index is 0.250. The second-order valence-electron chi connectivity index (χ2n) is 4.77. The SMILES string of the molecule is CC.CC.CC(=O)CCCCc1ccccc1N(C)C.CC=O.O=CO. The zero-order chi connectivity index (χ0) is 21.4. The number of carboxylic acid groups (broad SMARTS) is 1. The molecule has 0 aliphatic carbocycles. The van der Waals surface area contributed by atoms with Crippen LogP contribution in [0.3, 0.4) is 0 Å². The van der Waals surface area contributed by atoms with Crippen molar-refractivity contribution < 1.29 is 19.5 Å². The molecule has 26 heavy (non-hydrogen) atoms. The molecule has 1 aromatic rings. The van der Waals surface area contributed by atoms with Crippen molar-refractivity contribution in [1.29, 1.82) is 0 Å². The molecule has 0 unspecified atom stereocenters. The Kier molecular flexibility index (Phi) is 33.6. The van der Waals surface area contributed by atoms with Crippen LogP contribution in [0.25, 0.3) is 0 Å². The number of anilines is 1. The summed E-state index contributed by atoms with van der Waals surface area (Å²) in [5, 5.41) is 6.89. The Labute approximate surface area is 160 Å². The fraction of sp³-hybridized carbons (Fsp3) is 0.571. The van der Waals surface area contributed by atoms with E-state index in [-0.39, 0.29) is 6.47 Å². The number of para-hydroxylation sites is 1. The van der Waals surface area contributed by atoms with Crippen molar-refractivity contribution >= 4 is 24.2 Å². The molecule has 0 fully saturated rings. The van der Waals surface area contributed by atoms with Crippen LogP contribution >= 0.6 is 0 Å². The minimum atomic E-state index is -0.250. The highest BCUT2D eigenvalue weighted by molar-refractivity contribution is 5.75. The molecule has 0 aliphatic heterocycles. The highest BCUT2D eigenvalue weighted by atomic mass is 16.3. The van der Waals surface area contributed by atoms with Crippen LogP contribution in [-0.2, 0) is 20.8 Å². The molecule has 0 amide bonds. The van der Waals surface area contributed by atoms with E-state index in [1.165, 1.54) is 18.2 Å². The molecule has 0 atom stereocenters. The van der Waals surface area contributed by atoms with Crippen molar-refractivity contribution in [2.75, 3.05) is 19.0 Å². The predicted molar refractivity (Wildman–Crippen MR) is 112 cm³/mol. The Morgan fingerprint density at radius 3 is 1.85 bits per heavy atom. The zero-order valence-electron chi connectivity index (χ0n) is 17.9. The lowest BCUT2D eigenvalue weighted by Crippen LogP contribution is -2.11. The Morgan fingerprint density at radius 2 is 1.46 bits per heavy atom. The number of benzene rings is 1. The van der Waals surface area contributed by atoms with Gasteiger partial charge in [-0.2, -0.15) is 0 Å². The maximum atomic E-state index is 10.8. The lowest BCUT2D eigenvalue weighted by molar-refractivity contribution is -0.123. The number of carbonyl (C=O) groups excluding carboxylic acids is 2. The Bertz CT molecular complexity index is 426. The maximum Gasteiger partial charge on any atom is 0.290 e. The number of Topliss-reactive ketones (excluding diaryl/α,β-unsaturated/α-hetero) is 1. The number of hydrogen-bond donors (Lipinski definition) is 1. The average molecular weight is 370 g/mol. The van der Waals surface area contributed by atoms with Gasteiger partial charge in [-0.15, -0.1) is 0 Å². The minimum Gasteiger partial charge on any atom is -0.483 e. The smallest absolute Gasteiger partial charge is 0.290 e. The molecule has 0 heterocycles. The lowest BCUT2D eigenvalue weighted by Gasteiger charge is -2.17. The Balaban J connectivity index is -0.000000204. The van der Waals surface area contributed by atoms with Crippen LogP contribution in [0.5, 0.6) is 0 Å². The third-order valence-electron chi connectivity index (χ3n) is 2.70. The van der Waals surface area contributed by atoms with Crippen LogP contribution in [0.4, 0.5) is 5.69 Å². The molecule has 1 aromatic carbocycles. The fourth-order valence-electron chi connectivity index (χ4n) is 1.85. The monoisotopic (exact) mass is 369 g/mol. The number of ketones is 1. The summed E-state index contributed by atoms with van der Waals surface area (Å²) in [5.74, 6) is 0.292. The molecular formula is C21H39NO4. The van der Waals surface area contributed by atoms with Gasteiger partial charge in [0, 0.05) is 26.2 Å². The largest absolute Gasteiger partial charge is 0.483 e. The van der Waals surface area contributed by atoms with Crippen LogP contribution in [0.15, 0.2) is 24.3 Å². The van der Waals surface area contributed by atoms with Crippen LogP contribution < -0.4 is 4.90 Å². The normalized spacial score (nSPS) is 7.69. The third kappa shape index (κ3) is 24.1. The molecule has 152 valence electrons. The van der Waals surface area contributed by atoms with E-state index < -0.39 is 0 Å². The molecular weight excluding hydrogens is 330 g/mol. The molecule has 0 aromatic heterocycles. The molecule has 5 nitrogen and oxygen atoms in total. The fourth-order valence-corrected chi connectivity index (χ4v) is 1.85. The van der Waals surface area contributed by atoms with Crippen LogP contribution in [0, 0.1) is 0 Å². The summed E-state index contributed by atoms with van der Waals surface area (Å²) in [6.45, 7) is 10.9. The van der Waals surface area contributed by atoms with E-state index in [9.17, 15) is 4.79 Å². The number of aldehydes is 1. The number of carbonyl (C=O) groups is 3. The van der Waals surface area contributed by atoms with Gasteiger partial charge >= 0.3 is 0 Å². The summed E-state index contributed by atoms with van der Waals surface area (Å²) in [7, 11) is 4.13. The second-order valence-corrected chi connectivity index (χ2v) is 4.77. The summed E-state index contributed by atoms with van der Waals surface area (Å²) in [4.78, 5) is 30.1. The summed E-state index contributed by atoms with van der Waals surface area (Å²) in [6.07, 6.45) is 4.60. The number of rotatable bonds is 6. The first-order valence-electron chi connectivity index (χ1n) is 9.16. The first kappa shape index (κ1) is 31.6. The summed E-state index contributed by atoms with van der Waals surface area (Å²) < 4.78 is 0. The van der Waals surface area contributed by atoms with E-state index in [0.29, 0.717) is 12.2 Å². The molecule has 0 spiro atoms. The van der Waals surface area contributed by atoms with Gasteiger partial charge in [0.1, 0.15) is 12.1 Å². The summed E-state index contributed by atoms with van der Waals surface area (Å²) in [5.41, 5.74) is 2.65. The van der Waals surface area contributed by atoms with E-state index >= 15 is 0 Å². The number of hydrogen-bond acceptors (Lipinski definition) is 4. The van der Waals surface area contributed by atoms with Gasteiger partial charge in [-0.3, -0.25) is 4.79 Å². The first-order chi connectivity index (χ1) is 12.4. The van der Waals surface area contributed by atoms with Gasteiger partial charge in [0.25, 0.3) is 6.47 Å². The highest BCUT2D eigenvalue weighted by Crippen LogP contribution is 2.20. The second kappa shape index (κ2) is 27.7. The van der Waals surface area contributed by atoms with E-state index in [4.69, 9.17) is 14.7 Å². The average Bonchev–Trinajstić information content (AvgIpc) is 2.63. The maximum absolute atomic E-state index is 10.8. The van der Waals surface area contributed by atoms with Crippen molar-refractivity contribution in [2.24, 2.45) is 0 Å². The molecule has 0 saturated carbocycles. The van der Waals surface area contributed by atoms with E-state index in [0.717, 1.165) is 25.5 Å². The quantitative estimate of drug-likeness (QED) is 0.563. The van der Waals surface area contributed by atoms with Gasteiger partial charge in [0.2, 0.25) is 0 Å². The topological polar surface area (TPSA) is 74.7 Å². The number of aryl methyl sites for hydroxylation is 1. The Morgan fingerprint density at radius 1 is 1.04 bits per heavy atom. The molecule has 0 bridgehead atoms. The van der Waals surface area contributed by atoms with Gasteiger partial charge in [0.15, 0.2) is 0 Å². The van der Waals surface area contributed by atoms with Gasteiger partial charge < -0.3 is 19.6 Å². The molecule has 1 rings (SSSR count). The molecule has 0 aliphatic rings. The van der Waals surface area contributed by atoms with Gasteiger partial charge in [-0.05, 0) is 44.7 Å². The standard InChI is InChI=1S/C14H21NO.C2H4O.2C2H6.CH2O2/c1-12(16)8-4-5-9-13-10-6-7-11-14(13)15(2)3;1-2-3;2*1-2;2-1-3/h6-7,10-11H,4-5,8-9H2,1-3H3;2H,1H3;2*1-2H3;1H,(H,2,3). The van der Waals surface area contributed by atoms with Crippen LogP contribution in [-0.4, -0.2) is 37.7 Å². The van der Waals surface area contributed by atoms with Gasteiger partial charge in [-0.25, -0.2) is 0 Å².